The smallest absolute Gasteiger partial charge is 0.356 e. The van der Waals surface area contributed by atoms with Gasteiger partial charge in [0.25, 0.3) is 0 Å². The molecule has 0 spiro atoms. The number of anilines is 1. The van der Waals surface area contributed by atoms with Crippen LogP contribution in [0, 0.1) is 0 Å². The lowest BCUT2D eigenvalue weighted by atomic mass is 9.99. The summed E-state index contributed by atoms with van der Waals surface area (Å²) in [6.07, 6.45) is 3.69. The number of ketones is 2. The minimum Gasteiger partial charge on any atom is -0.464 e. The summed E-state index contributed by atoms with van der Waals surface area (Å²) in [7, 11) is 1.19. The van der Waals surface area contributed by atoms with Crippen molar-refractivity contribution in [2.75, 3.05) is 24.7 Å². The van der Waals surface area contributed by atoms with Crippen LogP contribution in [0.25, 0.3) is 0 Å². The first kappa shape index (κ1) is 22.3. The van der Waals surface area contributed by atoms with E-state index < -0.39 is 17.5 Å². The number of rotatable bonds is 9. The summed E-state index contributed by atoms with van der Waals surface area (Å²) in [5.74, 6) is -0.947. The van der Waals surface area contributed by atoms with E-state index in [9.17, 15) is 19.2 Å². The van der Waals surface area contributed by atoms with Crippen LogP contribution in [-0.4, -0.2) is 53.2 Å². The molecule has 162 valence electrons. The number of carbonyl (C=O) groups excluding carboxylic acids is 4. The van der Waals surface area contributed by atoms with Crippen molar-refractivity contribution >= 4 is 41.0 Å². The molecular weight excluding hydrogens is 420 g/mol. The van der Waals surface area contributed by atoms with Gasteiger partial charge in [-0.2, -0.15) is 5.10 Å². The molecule has 0 bridgehead atoms. The van der Waals surface area contributed by atoms with Gasteiger partial charge in [-0.05, 0) is 30.7 Å². The molecule has 0 saturated carbocycles. The van der Waals surface area contributed by atoms with Gasteiger partial charge < -0.3 is 15.4 Å². The van der Waals surface area contributed by atoms with E-state index in [-0.39, 0.29) is 27.9 Å². The van der Waals surface area contributed by atoms with E-state index in [1.54, 1.807) is 0 Å². The highest BCUT2D eigenvalue weighted by atomic mass is 32.2. The maximum atomic E-state index is 12.7. The molecule has 0 unspecified atom stereocenters. The number of fused-ring (bicyclic) bond motifs is 1. The predicted molar refractivity (Wildman–Crippen MR) is 116 cm³/mol. The molecule has 2 amide bonds. The second-order valence-corrected chi connectivity index (χ2v) is 7.81. The van der Waals surface area contributed by atoms with E-state index in [4.69, 9.17) is 0 Å². The van der Waals surface area contributed by atoms with Gasteiger partial charge in [-0.3, -0.25) is 14.7 Å². The number of amides is 2. The number of carbonyl (C=O) groups is 4. The fraction of sp³-hybridized carbons (Fsp3) is 0.286. The lowest BCUT2D eigenvalue weighted by molar-refractivity contribution is 0.0591. The lowest BCUT2D eigenvalue weighted by Gasteiger charge is -2.11. The number of hydrogen-bond donors (Lipinski definition) is 3. The fourth-order valence-electron chi connectivity index (χ4n) is 2.96. The van der Waals surface area contributed by atoms with Crippen molar-refractivity contribution in [3.05, 3.63) is 58.3 Å². The quantitative estimate of drug-likeness (QED) is 0.402. The summed E-state index contributed by atoms with van der Waals surface area (Å²) in [6.45, 7) is 0.532. The van der Waals surface area contributed by atoms with Gasteiger partial charge in [0, 0.05) is 18.3 Å². The number of esters is 1. The van der Waals surface area contributed by atoms with Crippen LogP contribution in [0.15, 0.2) is 41.3 Å². The topological polar surface area (TPSA) is 130 Å². The van der Waals surface area contributed by atoms with E-state index in [2.05, 4.69) is 25.6 Å². The molecule has 3 rings (SSSR count). The Morgan fingerprint density at radius 3 is 2.65 bits per heavy atom. The van der Waals surface area contributed by atoms with Crippen molar-refractivity contribution in [3.8, 4) is 0 Å². The second kappa shape index (κ2) is 10.6. The largest absolute Gasteiger partial charge is 0.464 e. The maximum absolute atomic E-state index is 12.7. The molecule has 0 atom stereocenters. The number of nitrogens with one attached hydrogen (secondary N) is 3. The first-order valence-electron chi connectivity index (χ1n) is 9.71. The summed E-state index contributed by atoms with van der Waals surface area (Å²) in [4.78, 5) is 48.8. The number of Topliss-reactive ketones (excluding diaryl/α,β-unsaturated/α-hetero) is 1. The minimum atomic E-state index is -0.745. The summed E-state index contributed by atoms with van der Waals surface area (Å²) in [6, 6.07) is 8.93. The van der Waals surface area contributed by atoms with Crippen LogP contribution in [0.5, 0.6) is 0 Å². The van der Waals surface area contributed by atoms with Crippen LogP contribution >= 0.6 is 11.8 Å². The van der Waals surface area contributed by atoms with Crippen molar-refractivity contribution in [1.29, 1.82) is 0 Å². The molecule has 9 nitrogen and oxygen atoms in total. The van der Waals surface area contributed by atoms with E-state index in [0.29, 0.717) is 12.3 Å². The summed E-state index contributed by atoms with van der Waals surface area (Å²) in [5.41, 5.74) is 0.527. The Labute approximate surface area is 183 Å². The molecule has 10 heteroatoms. The van der Waals surface area contributed by atoms with Gasteiger partial charge in [0.05, 0.1) is 17.6 Å². The standard InChI is InChI=1S/C21H22N4O5S/c1-30-20(28)18-16-17(24-25-18)14(26)12-15(19(16)27)31-11-7-3-6-10-22-21(29)23-13-8-4-2-5-9-13/h2,4-5,8-9,12H,3,6-7,10-11H2,1H3,(H,24,25)(H2,22,23,29). The van der Waals surface area contributed by atoms with E-state index >= 15 is 0 Å². The third kappa shape index (κ3) is 5.60. The number of thioether (sulfide) groups is 1. The number of ether oxygens (including phenoxy) is 1. The number of nitrogens with zero attached hydrogens (tertiary/aromatic N) is 1. The van der Waals surface area contributed by atoms with Crippen molar-refractivity contribution in [1.82, 2.24) is 15.5 Å². The van der Waals surface area contributed by atoms with E-state index in [1.807, 2.05) is 30.3 Å². The van der Waals surface area contributed by atoms with E-state index in [1.165, 1.54) is 24.9 Å². The molecule has 2 aromatic rings. The van der Waals surface area contributed by atoms with Gasteiger partial charge in [0.2, 0.25) is 11.6 Å². The Kier molecular flexibility index (Phi) is 7.60. The van der Waals surface area contributed by atoms with Crippen LogP contribution < -0.4 is 10.6 Å². The van der Waals surface area contributed by atoms with Crippen LogP contribution in [-0.2, 0) is 4.74 Å². The number of aromatic amines is 1. The average Bonchev–Trinajstić information content (AvgIpc) is 3.22. The molecule has 0 radical (unpaired) electrons. The Balaban J connectivity index is 1.39. The third-order valence-corrected chi connectivity index (χ3v) is 5.61. The average molecular weight is 442 g/mol. The van der Waals surface area contributed by atoms with Gasteiger partial charge in [0.1, 0.15) is 5.69 Å². The van der Waals surface area contributed by atoms with Crippen molar-refractivity contribution in [2.24, 2.45) is 0 Å². The number of para-hydroxylation sites is 1. The highest BCUT2D eigenvalue weighted by Gasteiger charge is 2.34. The number of aromatic nitrogens is 2. The Hall–Kier alpha value is -3.40. The molecule has 0 saturated heterocycles. The molecular formula is C21H22N4O5S. The van der Waals surface area contributed by atoms with Gasteiger partial charge in [-0.25, -0.2) is 9.59 Å². The first-order valence-corrected chi connectivity index (χ1v) is 10.7. The Morgan fingerprint density at radius 1 is 1.13 bits per heavy atom. The molecule has 0 fully saturated rings. The zero-order valence-corrected chi connectivity index (χ0v) is 17.7. The molecule has 1 aromatic heterocycles. The fourth-order valence-corrected chi connectivity index (χ4v) is 3.95. The summed E-state index contributed by atoms with van der Waals surface area (Å²) < 4.78 is 4.63. The second-order valence-electron chi connectivity index (χ2n) is 6.67. The monoisotopic (exact) mass is 442 g/mol. The maximum Gasteiger partial charge on any atom is 0.356 e. The number of unbranched alkanes of at least 4 members (excludes halogenated alkanes) is 2. The Morgan fingerprint density at radius 2 is 1.90 bits per heavy atom. The third-order valence-electron chi connectivity index (χ3n) is 4.50. The highest BCUT2D eigenvalue weighted by Crippen LogP contribution is 2.30. The van der Waals surface area contributed by atoms with Crippen molar-refractivity contribution < 1.29 is 23.9 Å². The van der Waals surface area contributed by atoms with Gasteiger partial charge in [0.15, 0.2) is 5.69 Å². The molecule has 31 heavy (non-hydrogen) atoms. The molecule has 1 aromatic carbocycles. The normalized spacial score (nSPS) is 12.7. The SMILES string of the molecule is COC(=O)c1[nH]nc2c1C(=O)C(SCCCCCNC(=O)Nc1ccccc1)=CC2=O. The zero-order chi connectivity index (χ0) is 22.2. The summed E-state index contributed by atoms with van der Waals surface area (Å²) >= 11 is 1.27. The Bertz CT molecular complexity index is 1020. The lowest BCUT2D eigenvalue weighted by Crippen LogP contribution is -2.29. The number of urea groups is 1. The number of H-pyrrole nitrogens is 1. The predicted octanol–water partition coefficient (Wildman–Crippen LogP) is 3.18. The molecule has 1 heterocycles. The van der Waals surface area contributed by atoms with Gasteiger partial charge in [-0.15, -0.1) is 11.8 Å². The van der Waals surface area contributed by atoms with Gasteiger partial charge in [-0.1, -0.05) is 24.6 Å². The first-order chi connectivity index (χ1) is 15.0. The van der Waals surface area contributed by atoms with Crippen LogP contribution in [0.4, 0.5) is 10.5 Å². The van der Waals surface area contributed by atoms with Crippen molar-refractivity contribution in [2.45, 2.75) is 19.3 Å². The molecule has 3 N–H and O–H groups in total. The van der Waals surface area contributed by atoms with E-state index in [0.717, 1.165) is 24.9 Å². The van der Waals surface area contributed by atoms with Crippen LogP contribution in [0.2, 0.25) is 0 Å². The molecule has 1 aliphatic carbocycles. The minimum absolute atomic E-state index is 0.0320. The number of benzene rings is 1. The summed E-state index contributed by atoms with van der Waals surface area (Å²) in [5, 5.41) is 11.7. The highest BCUT2D eigenvalue weighted by molar-refractivity contribution is 8.04. The number of methoxy groups -OCH3 is 1. The van der Waals surface area contributed by atoms with Crippen molar-refractivity contribution in [3.63, 3.8) is 0 Å². The van der Waals surface area contributed by atoms with Crippen LogP contribution in [0.1, 0.15) is 50.6 Å². The van der Waals surface area contributed by atoms with Gasteiger partial charge >= 0.3 is 12.0 Å². The number of hydrogen-bond acceptors (Lipinski definition) is 7. The zero-order valence-electron chi connectivity index (χ0n) is 16.9. The molecule has 1 aliphatic rings. The van der Waals surface area contributed by atoms with Crippen LogP contribution in [0.3, 0.4) is 0 Å². The number of allylic oxidation sites excluding steroid dienone is 2. The molecule has 0 aliphatic heterocycles.